The molecule has 1 aliphatic rings. The maximum atomic E-state index is 11.4. The first kappa shape index (κ1) is 16.9. The second-order valence-electron chi connectivity index (χ2n) is 7.18. The third-order valence-electron chi connectivity index (χ3n) is 5.23. The van der Waals surface area contributed by atoms with Crippen LogP contribution in [0.1, 0.15) is 28.9 Å². The molecule has 1 aliphatic carbocycles. The van der Waals surface area contributed by atoms with Crippen LogP contribution in [0.4, 0.5) is 0 Å². The molecule has 0 saturated heterocycles. The van der Waals surface area contributed by atoms with Crippen LogP contribution in [-0.2, 0) is 32.2 Å². The second kappa shape index (κ2) is 7.02. The van der Waals surface area contributed by atoms with Gasteiger partial charge in [0.15, 0.2) is 0 Å². The van der Waals surface area contributed by atoms with Crippen molar-refractivity contribution < 1.29 is 5.11 Å². The first-order valence-corrected chi connectivity index (χ1v) is 9.04. The summed E-state index contributed by atoms with van der Waals surface area (Å²) in [5.74, 6) is 0.899. The third kappa shape index (κ3) is 3.41. The maximum Gasteiger partial charge on any atom is 0.146 e. The highest BCUT2D eigenvalue weighted by atomic mass is 16.3. The van der Waals surface area contributed by atoms with E-state index in [1.807, 2.05) is 29.8 Å². The number of aryl methyl sites for hydroxylation is 2. The van der Waals surface area contributed by atoms with Crippen LogP contribution in [0.3, 0.4) is 0 Å². The van der Waals surface area contributed by atoms with Crippen molar-refractivity contribution in [1.82, 2.24) is 19.7 Å². The SMILES string of the molecule is Cn1cnnc1CN(Cc1ccccc1)CC1(O)CCc2ccccc21. The van der Waals surface area contributed by atoms with E-state index >= 15 is 0 Å². The van der Waals surface area contributed by atoms with Gasteiger partial charge in [0.25, 0.3) is 0 Å². The van der Waals surface area contributed by atoms with E-state index in [-0.39, 0.29) is 0 Å². The van der Waals surface area contributed by atoms with Crippen molar-refractivity contribution >= 4 is 0 Å². The fourth-order valence-corrected chi connectivity index (χ4v) is 3.86. The van der Waals surface area contributed by atoms with Crippen LogP contribution in [0.2, 0.25) is 0 Å². The molecule has 0 amide bonds. The molecule has 0 aliphatic heterocycles. The number of hydrogen-bond donors (Lipinski definition) is 1. The van der Waals surface area contributed by atoms with E-state index in [4.69, 9.17) is 0 Å². The van der Waals surface area contributed by atoms with Gasteiger partial charge in [-0.05, 0) is 29.5 Å². The summed E-state index contributed by atoms with van der Waals surface area (Å²) in [4.78, 5) is 2.27. The van der Waals surface area contributed by atoms with Gasteiger partial charge in [0.05, 0.1) is 6.54 Å². The van der Waals surface area contributed by atoms with E-state index in [1.54, 1.807) is 6.33 Å². The lowest BCUT2D eigenvalue weighted by atomic mass is 9.95. The number of nitrogens with zero attached hydrogens (tertiary/aromatic N) is 4. The van der Waals surface area contributed by atoms with Gasteiger partial charge in [-0.1, -0.05) is 54.6 Å². The highest BCUT2D eigenvalue weighted by Gasteiger charge is 2.38. The van der Waals surface area contributed by atoms with Crippen molar-refractivity contribution in [2.24, 2.45) is 7.05 Å². The quantitative estimate of drug-likeness (QED) is 0.744. The Labute approximate surface area is 153 Å². The van der Waals surface area contributed by atoms with Crippen molar-refractivity contribution in [1.29, 1.82) is 0 Å². The molecular weight excluding hydrogens is 324 g/mol. The molecule has 2 aromatic carbocycles. The molecule has 3 aromatic rings. The molecule has 5 heteroatoms. The topological polar surface area (TPSA) is 54.2 Å². The summed E-state index contributed by atoms with van der Waals surface area (Å²) in [5.41, 5.74) is 2.73. The molecule has 1 unspecified atom stereocenters. The minimum atomic E-state index is -0.816. The molecule has 0 fully saturated rings. The molecule has 0 bridgehead atoms. The Morgan fingerprint density at radius 3 is 2.62 bits per heavy atom. The van der Waals surface area contributed by atoms with Crippen LogP contribution in [-0.4, -0.2) is 31.3 Å². The van der Waals surface area contributed by atoms with Crippen molar-refractivity contribution in [3.05, 3.63) is 83.4 Å². The standard InChI is InChI=1S/C21H24N4O/c1-24-16-22-23-20(24)14-25(13-17-7-3-2-4-8-17)15-21(26)12-11-18-9-5-6-10-19(18)21/h2-10,16,26H,11-15H2,1H3. The Balaban J connectivity index is 1.59. The van der Waals surface area contributed by atoms with Crippen LogP contribution in [0.25, 0.3) is 0 Å². The Kier molecular flexibility index (Phi) is 4.57. The molecular formula is C21H24N4O. The van der Waals surface area contributed by atoms with E-state index in [0.29, 0.717) is 13.1 Å². The molecule has 0 spiro atoms. The van der Waals surface area contributed by atoms with Gasteiger partial charge in [0.1, 0.15) is 17.8 Å². The molecule has 5 nitrogen and oxygen atoms in total. The first-order chi connectivity index (χ1) is 12.6. The molecule has 26 heavy (non-hydrogen) atoms. The number of rotatable bonds is 6. The van der Waals surface area contributed by atoms with Crippen molar-refractivity contribution in [3.63, 3.8) is 0 Å². The van der Waals surface area contributed by atoms with Gasteiger partial charge in [-0.2, -0.15) is 0 Å². The van der Waals surface area contributed by atoms with Crippen LogP contribution in [0.5, 0.6) is 0 Å². The summed E-state index contributed by atoms with van der Waals surface area (Å²) in [7, 11) is 1.95. The fraction of sp³-hybridized carbons (Fsp3) is 0.333. The van der Waals surface area contributed by atoms with E-state index in [1.165, 1.54) is 11.1 Å². The van der Waals surface area contributed by atoms with Gasteiger partial charge in [0.2, 0.25) is 0 Å². The molecule has 0 radical (unpaired) electrons. The highest BCUT2D eigenvalue weighted by Crippen LogP contribution is 2.37. The molecule has 1 heterocycles. The molecule has 134 valence electrons. The monoisotopic (exact) mass is 348 g/mol. The lowest BCUT2D eigenvalue weighted by Gasteiger charge is -2.32. The summed E-state index contributed by atoms with van der Waals surface area (Å²) < 4.78 is 1.94. The van der Waals surface area contributed by atoms with Gasteiger partial charge in [-0.3, -0.25) is 4.90 Å². The number of benzene rings is 2. The summed E-state index contributed by atoms with van der Waals surface area (Å²) in [6.07, 6.45) is 3.40. The lowest BCUT2D eigenvalue weighted by molar-refractivity contribution is -0.00518. The maximum absolute atomic E-state index is 11.4. The summed E-state index contributed by atoms with van der Waals surface area (Å²) in [6, 6.07) is 18.6. The molecule has 1 N–H and O–H groups in total. The zero-order valence-corrected chi connectivity index (χ0v) is 15.0. The van der Waals surface area contributed by atoms with Crippen LogP contribution in [0.15, 0.2) is 60.9 Å². The van der Waals surface area contributed by atoms with Crippen LogP contribution < -0.4 is 0 Å². The zero-order chi connectivity index (χ0) is 18.0. The molecule has 1 aromatic heterocycles. The zero-order valence-electron chi connectivity index (χ0n) is 15.0. The van der Waals surface area contributed by atoms with Crippen LogP contribution >= 0.6 is 0 Å². The number of fused-ring (bicyclic) bond motifs is 1. The number of hydrogen-bond acceptors (Lipinski definition) is 4. The fourth-order valence-electron chi connectivity index (χ4n) is 3.86. The normalized spacial score (nSPS) is 19.0. The molecule has 1 atom stereocenters. The predicted molar refractivity (Wildman–Crippen MR) is 100 cm³/mol. The summed E-state index contributed by atoms with van der Waals surface area (Å²) in [5, 5.41) is 19.6. The van der Waals surface area contributed by atoms with Gasteiger partial charge >= 0.3 is 0 Å². The molecule has 0 saturated carbocycles. The Hall–Kier alpha value is -2.50. The Bertz CT molecular complexity index is 876. The number of aliphatic hydroxyl groups is 1. The van der Waals surface area contributed by atoms with Gasteiger partial charge in [-0.15, -0.1) is 10.2 Å². The minimum Gasteiger partial charge on any atom is -0.384 e. The average molecular weight is 348 g/mol. The average Bonchev–Trinajstić information content (AvgIpc) is 3.20. The Morgan fingerprint density at radius 2 is 1.85 bits per heavy atom. The van der Waals surface area contributed by atoms with Crippen molar-refractivity contribution in [2.45, 2.75) is 31.5 Å². The van der Waals surface area contributed by atoms with Crippen molar-refractivity contribution in [2.75, 3.05) is 6.54 Å². The van der Waals surface area contributed by atoms with Gasteiger partial charge < -0.3 is 9.67 Å². The Morgan fingerprint density at radius 1 is 1.08 bits per heavy atom. The van der Waals surface area contributed by atoms with E-state index in [9.17, 15) is 5.11 Å². The number of aromatic nitrogens is 3. The lowest BCUT2D eigenvalue weighted by Crippen LogP contribution is -2.39. The van der Waals surface area contributed by atoms with Crippen LogP contribution in [0, 0.1) is 0 Å². The summed E-state index contributed by atoms with van der Waals surface area (Å²) in [6.45, 7) is 1.99. The predicted octanol–water partition coefficient (Wildman–Crippen LogP) is 2.65. The smallest absolute Gasteiger partial charge is 0.146 e. The van der Waals surface area contributed by atoms with Gasteiger partial charge in [0, 0.05) is 20.1 Å². The summed E-state index contributed by atoms with van der Waals surface area (Å²) >= 11 is 0. The van der Waals surface area contributed by atoms with Gasteiger partial charge in [-0.25, -0.2) is 0 Å². The second-order valence-corrected chi connectivity index (χ2v) is 7.18. The van der Waals surface area contributed by atoms with E-state index < -0.39 is 5.60 Å². The van der Waals surface area contributed by atoms with E-state index in [0.717, 1.165) is 30.8 Å². The van der Waals surface area contributed by atoms with E-state index in [2.05, 4.69) is 51.5 Å². The minimum absolute atomic E-state index is 0.575. The first-order valence-electron chi connectivity index (χ1n) is 9.04. The van der Waals surface area contributed by atoms with Crippen molar-refractivity contribution in [3.8, 4) is 0 Å². The third-order valence-corrected chi connectivity index (χ3v) is 5.23. The highest BCUT2D eigenvalue weighted by molar-refractivity contribution is 5.37. The largest absolute Gasteiger partial charge is 0.384 e. The molecule has 4 rings (SSSR count).